The van der Waals surface area contributed by atoms with Gasteiger partial charge in [0.1, 0.15) is 5.75 Å². The van der Waals surface area contributed by atoms with Crippen LogP contribution >= 0.6 is 0 Å². The molecule has 1 aromatic carbocycles. The summed E-state index contributed by atoms with van der Waals surface area (Å²) in [6, 6.07) is 6.44. The number of benzene rings is 1. The molecule has 1 saturated heterocycles. The van der Waals surface area contributed by atoms with E-state index >= 15 is 0 Å². The first-order valence-electron chi connectivity index (χ1n) is 7.39. The smallest absolute Gasteiger partial charge is 0.123 e. The van der Waals surface area contributed by atoms with Gasteiger partial charge in [0.25, 0.3) is 0 Å². The average Bonchev–Trinajstić information content (AvgIpc) is 2.97. The molecule has 0 aliphatic carbocycles. The van der Waals surface area contributed by atoms with E-state index < -0.39 is 0 Å². The third kappa shape index (κ3) is 3.71. The van der Waals surface area contributed by atoms with Crippen LogP contribution in [0.15, 0.2) is 18.2 Å². The Hall–Kier alpha value is -1.06. The van der Waals surface area contributed by atoms with Crippen LogP contribution in [0.5, 0.6) is 5.75 Å². The van der Waals surface area contributed by atoms with Crippen molar-refractivity contribution in [2.24, 2.45) is 5.73 Å². The number of hydrogen-bond donors (Lipinski definition) is 1. The Morgan fingerprint density at radius 1 is 1.32 bits per heavy atom. The first-order chi connectivity index (χ1) is 9.24. The molecule has 1 unspecified atom stereocenters. The minimum absolute atomic E-state index is 0.0713. The number of rotatable bonds is 6. The molecule has 19 heavy (non-hydrogen) atoms. The molecule has 1 heterocycles. The van der Waals surface area contributed by atoms with Crippen molar-refractivity contribution >= 4 is 0 Å². The predicted octanol–water partition coefficient (Wildman–Crippen LogP) is 2.74. The van der Waals surface area contributed by atoms with Crippen molar-refractivity contribution in [3.05, 3.63) is 29.3 Å². The van der Waals surface area contributed by atoms with Crippen molar-refractivity contribution in [2.45, 2.75) is 38.6 Å². The maximum absolute atomic E-state index is 6.37. The van der Waals surface area contributed by atoms with Gasteiger partial charge < -0.3 is 15.4 Å². The zero-order valence-corrected chi connectivity index (χ0v) is 12.2. The summed E-state index contributed by atoms with van der Waals surface area (Å²) >= 11 is 0. The highest BCUT2D eigenvalue weighted by atomic mass is 16.5. The van der Waals surface area contributed by atoms with Gasteiger partial charge in [0.2, 0.25) is 0 Å². The number of ether oxygens (including phenoxy) is 1. The largest absolute Gasteiger partial charge is 0.496 e. The van der Waals surface area contributed by atoms with E-state index in [1.807, 2.05) is 6.07 Å². The Labute approximate surface area is 116 Å². The Bertz CT molecular complexity index is 400. The molecule has 1 aromatic rings. The van der Waals surface area contributed by atoms with Crippen molar-refractivity contribution in [2.75, 3.05) is 26.7 Å². The molecule has 0 saturated carbocycles. The second-order valence-corrected chi connectivity index (χ2v) is 5.37. The minimum atomic E-state index is 0.0713. The predicted molar refractivity (Wildman–Crippen MR) is 79.6 cm³/mol. The number of likely N-dealkylation sites (tertiary alicyclic amines) is 1. The topological polar surface area (TPSA) is 38.5 Å². The van der Waals surface area contributed by atoms with Crippen LogP contribution in [0.4, 0.5) is 0 Å². The molecule has 0 bridgehead atoms. The molecule has 106 valence electrons. The minimum Gasteiger partial charge on any atom is -0.496 e. The second-order valence-electron chi connectivity index (χ2n) is 5.37. The van der Waals surface area contributed by atoms with Gasteiger partial charge in [-0.05, 0) is 56.9 Å². The Balaban J connectivity index is 2.01. The van der Waals surface area contributed by atoms with E-state index in [-0.39, 0.29) is 6.04 Å². The highest BCUT2D eigenvalue weighted by Gasteiger charge is 2.16. The Kier molecular flexibility index (Phi) is 5.23. The van der Waals surface area contributed by atoms with E-state index in [0.717, 1.165) is 30.7 Å². The molecular weight excluding hydrogens is 236 g/mol. The third-order valence-electron chi connectivity index (χ3n) is 4.06. The van der Waals surface area contributed by atoms with Crippen molar-refractivity contribution in [3.8, 4) is 5.75 Å². The number of nitrogens with two attached hydrogens (primary N) is 1. The first-order valence-corrected chi connectivity index (χ1v) is 7.39. The second kappa shape index (κ2) is 6.92. The van der Waals surface area contributed by atoms with E-state index in [9.17, 15) is 0 Å². The molecular formula is C16H26N2O. The summed E-state index contributed by atoms with van der Waals surface area (Å²) in [5.74, 6) is 0.922. The van der Waals surface area contributed by atoms with Crippen LogP contribution in [-0.2, 0) is 6.42 Å². The molecule has 2 N–H and O–H groups in total. The molecule has 1 aliphatic rings. The van der Waals surface area contributed by atoms with E-state index in [0.29, 0.717) is 0 Å². The van der Waals surface area contributed by atoms with E-state index in [2.05, 4.69) is 24.0 Å². The van der Waals surface area contributed by atoms with Crippen LogP contribution in [0.1, 0.15) is 43.4 Å². The summed E-state index contributed by atoms with van der Waals surface area (Å²) in [5.41, 5.74) is 8.85. The Morgan fingerprint density at radius 3 is 2.68 bits per heavy atom. The van der Waals surface area contributed by atoms with Crippen molar-refractivity contribution < 1.29 is 4.74 Å². The maximum atomic E-state index is 6.37. The normalized spacial score (nSPS) is 17.6. The highest BCUT2D eigenvalue weighted by molar-refractivity contribution is 5.39. The lowest BCUT2D eigenvalue weighted by Crippen LogP contribution is -2.24. The van der Waals surface area contributed by atoms with Gasteiger partial charge >= 0.3 is 0 Å². The quantitative estimate of drug-likeness (QED) is 0.856. The summed E-state index contributed by atoms with van der Waals surface area (Å²) in [6.45, 7) is 5.74. The van der Waals surface area contributed by atoms with E-state index in [4.69, 9.17) is 10.5 Å². The average molecular weight is 262 g/mol. The highest BCUT2D eigenvalue weighted by Crippen LogP contribution is 2.27. The van der Waals surface area contributed by atoms with Crippen LogP contribution in [0.2, 0.25) is 0 Å². The fourth-order valence-electron chi connectivity index (χ4n) is 2.78. The lowest BCUT2D eigenvalue weighted by molar-refractivity contribution is 0.320. The molecule has 2 rings (SSSR count). The summed E-state index contributed by atoms with van der Waals surface area (Å²) in [6.07, 6.45) is 4.72. The van der Waals surface area contributed by atoms with Crippen LogP contribution in [-0.4, -0.2) is 31.6 Å². The summed E-state index contributed by atoms with van der Waals surface area (Å²) in [5, 5.41) is 0. The molecule has 0 amide bonds. The van der Waals surface area contributed by atoms with Crippen molar-refractivity contribution in [1.29, 1.82) is 0 Å². The van der Waals surface area contributed by atoms with Crippen molar-refractivity contribution in [3.63, 3.8) is 0 Å². The number of methoxy groups -OCH3 is 1. The van der Waals surface area contributed by atoms with Crippen LogP contribution in [0, 0.1) is 0 Å². The third-order valence-corrected chi connectivity index (χ3v) is 4.06. The monoisotopic (exact) mass is 262 g/mol. The molecule has 1 aliphatic heterocycles. The zero-order valence-electron chi connectivity index (χ0n) is 12.2. The van der Waals surface area contributed by atoms with Crippen LogP contribution < -0.4 is 10.5 Å². The van der Waals surface area contributed by atoms with Gasteiger partial charge in [0.15, 0.2) is 0 Å². The van der Waals surface area contributed by atoms with Gasteiger partial charge in [-0.3, -0.25) is 0 Å². The summed E-state index contributed by atoms with van der Waals surface area (Å²) in [4.78, 5) is 2.51. The summed E-state index contributed by atoms with van der Waals surface area (Å²) in [7, 11) is 1.72. The van der Waals surface area contributed by atoms with Gasteiger partial charge in [0, 0.05) is 11.6 Å². The van der Waals surface area contributed by atoms with Gasteiger partial charge in [-0.2, -0.15) is 0 Å². The van der Waals surface area contributed by atoms with E-state index in [1.54, 1.807) is 7.11 Å². The SMILES string of the molecule is CCc1ccc(OC)c(C(N)CCN2CCCC2)c1. The fourth-order valence-corrected chi connectivity index (χ4v) is 2.78. The first kappa shape index (κ1) is 14.4. The summed E-state index contributed by atoms with van der Waals surface area (Å²) < 4.78 is 5.44. The van der Waals surface area contributed by atoms with Gasteiger partial charge in [-0.25, -0.2) is 0 Å². The molecule has 1 atom stereocenters. The molecule has 0 spiro atoms. The van der Waals surface area contributed by atoms with Crippen molar-refractivity contribution in [1.82, 2.24) is 4.90 Å². The zero-order chi connectivity index (χ0) is 13.7. The molecule has 3 heteroatoms. The number of hydrogen-bond acceptors (Lipinski definition) is 3. The molecule has 0 aromatic heterocycles. The number of aryl methyl sites for hydroxylation is 1. The van der Waals surface area contributed by atoms with E-state index in [1.165, 1.54) is 31.5 Å². The number of nitrogens with zero attached hydrogens (tertiary/aromatic N) is 1. The fraction of sp³-hybridized carbons (Fsp3) is 0.625. The van der Waals surface area contributed by atoms with Gasteiger partial charge in [0.05, 0.1) is 7.11 Å². The van der Waals surface area contributed by atoms with Crippen LogP contribution in [0.3, 0.4) is 0 Å². The molecule has 1 fully saturated rings. The van der Waals surface area contributed by atoms with Crippen LogP contribution in [0.25, 0.3) is 0 Å². The molecule has 3 nitrogen and oxygen atoms in total. The maximum Gasteiger partial charge on any atom is 0.123 e. The standard InChI is InChI=1S/C16H26N2O/c1-3-13-6-7-16(19-2)14(12-13)15(17)8-11-18-9-4-5-10-18/h6-7,12,15H,3-5,8-11,17H2,1-2H3. The lowest BCUT2D eigenvalue weighted by atomic mass is 9.99. The van der Waals surface area contributed by atoms with Gasteiger partial charge in [-0.1, -0.05) is 19.1 Å². The Morgan fingerprint density at radius 2 is 2.05 bits per heavy atom. The lowest BCUT2D eigenvalue weighted by Gasteiger charge is -2.20. The molecule has 0 radical (unpaired) electrons. The van der Waals surface area contributed by atoms with Gasteiger partial charge in [-0.15, -0.1) is 0 Å².